The second-order valence-corrected chi connectivity index (χ2v) is 10.8. The maximum atomic E-state index is 12.9. The lowest BCUT2D eigenvalue weighted by molar-refractivity contribution is 0.102. The number of carbonyl (C=O) groups excluding carboxylic acids is 1. The van der Waals surface area contributed by atoms with Gasteiger partial charge in [-0.1, -0.05) is 43.2 Å². The zero-order chi connectivity index (χ0) is 28.4. The van der Waals surface area contributed by atoms with E-state index in [4.69, 9.17) is 4.55 Å². The second-order valence-electron chi connectivity index (χ2n) is 9.33. The van der Waals surface area contributed by atoms with Crippen LogP contribution in [-0.4, -0.2) is 28.8 Å². The summed E-state index contributed by atoms with van der Waals surface area (Å²) >= 11 is 0. The lowest BCUT2D eigenvalue weighted by Gasteiger charge is -2.21. The van der Waals surface area contributed by atoms with Crippen molar-refractivity contribution in [2.75, 3.05) is 10.6 Å². The van der Waals surface area contributed by atoms with Crippen molar-refractivity contribution >= 4 is 27.5 Å². The van der Waals surface area contributed by atoms with Crippen LogP contribution in [-0.2, 0) is 22.1 Å². The first-order valence-electron chi connectivity index (χ1n) is 12.7. The summed E-state index contributed by atoms with van der Waals surface area (Å²) in [6, 6.07) is 24.9. The number of nitrogens with zero attached hydrogens (tertiary/aromatic N) is 3. The van der Waals surface area contributed by atoms with Crippen LogP contribution in [0.15, 0.2) is 102 Å². The molecular weight excluding hydrogens is 526 g/mol. The molecule has 0 aliphatic heterocycles. The molecule has 0 spiro atoms. The number of nitriles is 1. The summed E-state index contributed by atoms with van der Waals surface area (Å²) < 4.78 is 29.2. The van der Waals surface area contributed by atoms with Crippen molar-refractivity contribution < 1.29 is 17.8 Å². The minimum absolute atomic E-state index is 0.0741. The van der Waals surface area contributed by atoms with E-state index in [1.54, 1.807) is 48.9 Å². The summed E-state index contributed by atoms with van der Waals surface area (Å²) in [7, 11) is -4.00. The highest BCUT2D eigenvalue weighted by Crippen LogP contribution is 2.40. The average Bonchev–Trinajstić information content (AvgIpc) is 3.48. The molecule has 1 amide bonds. The predicted molar refractivity (Wildman–Crippen MR) is 152 cm³/mol. The molecular formula is C30H29N5O4S. The van der Waals surface area contributed by atoms with E-state index in [1.807, 2.05) is 36.4 Å². The molecule has 10 heteroatoms. The Labute approximate surface area is 233 Å². The molecule has 3 N–H and O–H groups in total. The number of nitrogens with one attached hydrogen (secondary N) is 2. The molecule has 5 rings (SSSR count). The van der Waals surface area contributed by atoms with Gasteiger partial charge in [-0.3, -0.25) is 14.3 Å². The van der Waals surface area contributed by atoms with E-state index in [2.05, 4.69) is 26.7 Å². The minimum Gasteiger partial charge on any atom is -0.365 e. The van der Waals surface area contributed by atoms with Crippen molar-refractivity contribution in [3.05, 3.63) is 114 Å². The Hall–Kier alpha value is -4.59. The number of carbonyl (C=O) groups is 1. The third-order valence-corrected chi connectivity index (χ3v) is 7.54. The second kappa shape index (κ2) is 13.0. The Morgan fingerprint density at radius 2 is 1.60 bits per heavy atom. The lowest BCUT2D eigenvalue weighted by atomic mass is 9.80. The molecule has 204 valence electrons. The molecule has 2 aromatic heterocycles. The first kappa shape index (κ1) is 28.4. The van der Waals surface area contributed by atoms with Gasteiger partial charge in [0.1, 0.15) is 5.82 Å². The van der Waals surface area contributed by atoms with Crippen molar-refractivity contribution in [2.24, 2.45) is 0 Å². The van der Waals surface area contributed by atoms with Gasteiger partial charge in [0.05, 0.1) is 21.9 Å². The number of hydrogen-bond acceptors (Lipinski definition) is 7. The number of pyridine rings is 2. The molecule has 1 saturated carbocycles. The minimum atomic E-state index is -4.00. The summed E-state index contributed by atoms with van der Waals surface area (Å²) in [5, 5.41) is 15.8. The number of hydrogen-bond donors (Lipinski definition) is 3. The van der Waals surface area contributed by atoms with E-state index < -0.39 is 10.1 Å². The van der Waals surface area contributed by atoms with Crippen LogP contribution in [0.4, 0.5) is 11.5 Å². The van der Waals surface area contributed by atoms with E-state index in [0.29, 0.717) is 23.6 Å². The number of aromatic nitrogens is 2. The summed E-state index contributed by atoms with van der Waals surface area (Å²) in [5.41, 5.74) is 2.87. The Kier molecular flexibility index (Phi) is 9.22. The first-order chi connectivity index (χ1) is 19.3. The van der Waals surface area contributed by atoms with Crippen LogP contribution in [0.5, 0.6) is 0 Å². The maximum absolute atomic E-state index is 12.9. The predicted octanol–water partition coefficient (Wildman–Crippen LogP) is 5.61. The van der Waals surface area contributed by atoms with Crippen molar-refractivity contribution in [3.63, 3.8) is 0 Å². The molecule has 2 aromatic carbocycles. The van der Waals surface area contributed by atoms with Crippen molar-refractivity contribution in [3.8, 4) is 6.07 Å². The largest absolute Gasteiger partial charge is 0.365 e. The van der Waals surface area contributed by atoms with Gasteiger partial charge in [0.2, 0.25) is 0 Å². The summed E-state index contributed by atoms with van der Waals surface area (Å²) in [6.45, 7) is 0.546. The van der Waals surface area contributed by atoms with E-state index >= 15 is 0 Å². The Morgan fingerprint density at radius 1 is 0.925 bits per heavy atom. The van der Waals surface area contributed by atoms with Crippen LogP contribution in [0, 0.1) is 11.3 Å². The van der Waals surface area contributed by atoms with Crippen LogP contribution in [0.3, 0.4) is 0 Å². The first-order valence-corrected chi connectivity index (χ1v) is 14.2. The summed E-state index contributed by atoms with van der Waals surface area (Å²) in [4.78, 5) is 21.1. The van der Waals surface area contributed by atoms with Gasteiger partial charge in [-0.05, 0) is 72.5 Å². The van der Waals surface area contributed by atoms with Gasteiger partial charge < -0.3 is 10.6 Å². The molecule has 1 aliphatic rings. The molecule has 0 saturated heterocycles. The van der Waals surface area contributed by atoms with Gasteiger partial charge in [-0.15, -0.1) is 0 Å². The highest BCUT2D eigenvalue weighted by atomic mass is 32.2. The molecule has 9 nitrogen and oxygen atoms in total. The third-order valence-electron chi connectivity index (χ3n) is 6.67. The van der Waals surface area contributed by atoms with Crippen molar-refractivity contribution in [1.29, 1.82) is 5.26 Å². The van der Waals surface area contributed by atoms with Gasteiger partial charge in [-0.25, -0.2) is 4.98 Å². The molecule has 0 unspecified atom stereocenters. The fourth-order valence-electron chi connectivity index (χ4n) is 4.52. The fourth-order valence-corrected chi connectivity index (χ4v) is 5.02. The maximum Gasteiger partial charge on any atom is 0.294 e. The number of anilines is 2. The van der Waals surface area contributed by atoms with E-state index in [-0.39, 0.29) is 16.2 Å². The molecule has 1 aliphatic carbocycles. The third kappa shape index (κ3) is 7.28. The lowest BCUT2D eigenvalue weighted by Crippen LogP contribution is -2.19. The smallest absolute Gasteiger partial charge is 0.294 e. The van der Waals surface area contributed by atoms with Crippen LogP contribution >= 0.6 is 0 Å². The quantitative estimate of drug-likeness (QED) is 0.250. The van der Waals surface area contributed by atoms with Gasteiger partial charge in [-0.2, -0.15) is 13.7 Å². The molecule has 0 atom stereocenters. The molecule has 4 aromatic rings. The van der Waals surface area contributed by atoms with Gasteiger partial charge in [0, 0.05) is 30.8 Å². The van der Waals surface area contributed by atoms with E-state index in [0.717, 1.165) is 36.8 Å². The highest BCUT2D eigenvalue weighted by molar-refractivity contribution is 7.85. The van der Waals surface area contributed by atoms with E-state index in [9.17, 15) is 18.5 Å². The van der Waals surface area contributed by atoms with Crippen LogP contribution in [0.2, 0.25) is 0 Å². The van der Waals surface area contributed by atoms with Crippen LogP contribution in [0.1, 0.15) is 47.2 Å². The number of rotatable bonds is 7. The Morgan fingerprint density at radius 3 is 2.20 bits per heavy atom. The van der Waals surface area contributed by atoms with Crippen LogP contribution in [0.25, 0.3) is 0 Å². The monoisotopic (exact) mass is 555 g/mol. The Balaban J connectivity index is 0.000000312. The van der Waals surface area contributed by atoms with E-state index in [1.165, 1.54) is 12.1 Å². The zero-order valence-electron chi connectivity index (χ0n) is 21.7. The van der Waals surface area contributed by atoms with Crippen molar-refractivity contribution in [2.45, 2.75) is 42.5 Å². The van der Waals surface area contributed by atoms with Gasteiger partial charge in [0.25, 0.3) is 16.0 Å². The number of amides is 1. The summed E-state index contributed by atoms with van der Waals surface area (Å²) in [6.07, 6.45) is 9.09. The molecule has 1 fully saturated rings. The van der Waals surface area contributed by atoms with Gasteiger partial charge >= 0.3 is 0 Å². The molecule has 0 bridgehead atoms. The number of benzene rings is 2. The molecule has 40 heavy (non-hydrogen) atoms. The topological polar surface area (TPSA) is 145 Å². The normalized spacial score (nSPS) is 13.8. The fraction of sp³-hybridized carbons (Fsp3) is 0.200. The Bertz CT molecular complexity index is 1570. The SMILES string of the molecule is N#CC1(c2ccc(NC(=O)c3cccnc3NCc3ccncc3)cc2)CCCC1.O=S(=O)(O)c1ccccc1. The van der Waals surface area contributed by atoms with Gasteiger partial charge in [0.15, 0.2) is 0 Å². The standard InChI is InChI=1S/C24H23N5O.C6H6O3S/c25-17-24(11-1-2-12-24)19-5-7-20(8-6-19)29-23(30)21-4-3-13-27-22(21)28-16-18-9-14-26-15-10-18;7-10(8,9)6-4-2-1-3-5-6/h3-10,13-15H,1-2,11-12,16H2,(H,27,28)(H,29,30);1-5H,(H,7,8,9). The molecule has 2 heterocycles. The molecule has 0 radical (unpaired) electrons. The van der Waals surface area contributed by atoms with Crippen molar-refractivity contribution in [1.82, 2.24) is 9.97 Å². The average molecular weight is 556 g/mol. The van der Waals surface area contributed by atoms with Crippen LogP contribution < -0.4 is 10.6 Å². The zero-order valence-corrected chi connectivity index (χ0v) is 22.5. The highest BCUT2D eigenvalue weighted by Gasteiger charge is 2.35. The summed E-state index contributed by atoms with van der Waals surface area (Å²) in [5.74, 6) is 0.293.